The Bertz CT molecular complexity index is 887. The summed E-state index contributed by atoms with van der Waals surface area (Å²) in [5, 5.41) is 1.03. The van der Waals surface area contributed by atoms with E-state index < -0.39 is 0 Å². The number of hydrogen-bond donors (Lipinski definition) is 1. The number of carbonyl (C=O) groups is 1. The predicted octanol–water partition coefficient (Wildman–Crippen LogP) is 4.59. The third kappa shape index (κ3) is 3.69. The number of para-hydroxylation sites is 1. The Kier molecular flexibility index (Phi) is 5.09. The highest BCUT2D eigenvalue weighted by Crippen LogP contribution is 2.38. The maximum Gasteiger partial charge on any atom is 0.247 e. The molecule has 3 aromatic rings. The Morgan fingerprint density at radius 2 is 1.85 bits per heavy atom. The Morgan fingerprint density at radius 1 is 1.08 bits per heavy atom. The minimum absolute atomic E-state index is 0.0745. The highest BCUT2D eigenvalue weighted by Gasteiger charge is 2.32. The SMILES string of the molecule is O=C(NOCc1ccccc1)[C@@H]1CC=CC[C@H]1c1nc2ccccc2s1. The number of hydroxylamine groups is 1. The van der Waals surface area contributed by atoms with Crippen LogP contribution in [0.25, 0.3) is 10.2 Å². The molecule has 0 unspecified atom stereocenters. The molecule has 2 aromatic carbocycles. The number of allylic oxidation sites excluding steroid dienone is 2. The van der Waals surface area contributed by atoms with E-state index in [2.05, 4.69) is 23.7 Å². The number of benzene rings is 2. The number of amides is 1. The van der Waals surface area contributed by atoms with Gasteiger partial charge in [-0.25, -0.2) is 10.5 Å². The molecule has 1 N–H and O–H groups in total. The summed E-state index contributed by atoms with van der Waals surface area (Å²) in [6, 6.07) is 17.9. The van der Waals surface area contributed by atoms with Crippen LogP contribution in [0.4, 0.5) is 0 Å². The molecule has 4 rings (SSSR count). The van der Waals surface area contributed by atoms with Crippen LogP contribution >= 0.6 is 11.3 Å². The molecule has 0 aliphatic heterocycles. The van der Waals surface area contributed by atoms with E-state index in [0.717, 1.165) is 27.2 Å². The molecule has 1 aliphatic carbocycles. The average Bonchev–Trinajstić information content (AvgIpc) is 3.13. The quantitative estimate of drug-likeness (QED) is 0.532. The highest BCUT2D eigenvalue weighted by molar-refractivity contribution is 7.18. The van der Waals surface area contributed by atoms with Crippen LogP contribution in [0.1, 0.15) is 29.3 Å². The number of nitrogens with one attached hydrogen (secondary N) is 1. The fourth-order valence-electron chi connectivity index (χ4n) is 3.27. The summed E-state index contributed by atoms with van der Waals surface area (Å²) in [5.41, 5.74) is 4.67. The van der Waals surface area contributed by atoms with Gasteiger partial charge in [-0.1, -0.05) is 54.6 Å². The summed E-state index contributed by atoms with van der Waals surface area (Å²) in [5.74, 6) is -0.136. The first-order valence-electron chi connectivity index (χ1n) is 8.77. The molecular formula is C21H20N2O2S. The van der Waals surface area contributed by atoms with E-state index in [-0.39, 0.29) is 17.7 Å². The van der Waals surface area contributed by atoms with Crippen molar-refractivity contribution >= 4 is 27.5 Å². The fourth-order valence-corrected chi connectivity index (χ4v) is 4.41. The number of hydrogen-bond acceptors (Lipinski definition) is 4. The first-order valence-corrected chi connectivity index (χ1v) is 9.59. The number of thiazole rings is 1. The van der Waals surface area contributed by atoms with E-state index in [0.29, 0.717) is 13.0 Å². The molecule has 1 aromatic heterocycles. The minimum atomic E-state index is -0.156. The molecular weight excluding hydrogens is 344 g/mol. The summed E-state index contributed by atoms with van der Waals surface area (Å²) < 4.78 is 1.16. The number of fused-ring (bicyclic) bond motifs is 1. The van der Waals surface area contributed by atoms with E-state index in [9.17, 15) is 4.79 Å². The minimum Gasteiger partial charge on any atom is -0.272 e. The molecule has 0 fully saturated rings. The molecule has 0 saturated heterocycles. The van der Waals surface area contributed by atoms with Crippen molar-refractivity contribution in [3.05, 3.63) is 77.3 Å². The summed E-state index contributed by atoms with van der Waals surface area (Å²) in [6.07, 6.45) is 5.76. The topological polar surface area (TPSA) is 51.2 Å². The molecule has 1 heterocycles. The lowest BCUT2D eigenvalue weighted by molar-refractivity contribution is -0.139. The third-order valence-electron chi connectivity index (χ3n) is 4.65. The predicted molar refractivity (Wildman–Crippen MR) is 104 cm³/mol. The molecule has 5 heteroatoms. The van der Waals surface area contributed by atoms with Crippen molar-refractivity contribution in [2.45, 2.75) is 25.4 Å². The van der Waals surface area contributed by atoms with E-state index in [1.54, 1.807) is 11.3 Å². The Labute approximate surface area is 156 Å². The van der Waals surface area contributed by atoms with Crippen molar-refractivity contribution < 1.29 is 9.63 Å². The van der Waals surface area contributed by atoms with Gasteiger partial charge in [0, 0.05) is 5.92 Å². The van der Waals surface area contributed by atoms with Gasteiger partial charge in [-0.05, 0) is 30.5 Å². The van der Waals surface area contributed by atoms with Crippen LogP contribution in [0.2, 0.25) is 0 Å². The van der Waals surface area contributed by atoms with Crippen molar-refractivity contribution in [1.29, 1.82) is 0 Å². The molecule has 4 nitrogen and oxygen atoms in total. The second-order valence-corrected chi connectivity index (χ2v) is 7.48. The van der Waals surface area contributed by atoms with Gasteiger partial charge in [0.25, 0.3) is 0 Å². The van der Waals surface area contributed by atoms with Crippen LogP contribution < -0.4 is 5.48 Å². The fraction of sp³-hybridized carbons (Fsp3) is 0.238. The number of carbonyl (C=O) groups excluding carboxylic acids is 1. The zero-order valence-electron chi connectivity index (χ0n) is 14.3. The monoisotopic (exact) mass is 364 g/mol. The molecule has 1 amide bonds. The smallest absolute Gasteiger partial charge is 0.247 e. The van der Waals surface area contributed by atoms with Crippen molar-refractivity contribution in [2.24, 2.45) is 5.92 Å². The molecule has 1 aliphatic rings. The molecule has 0 spiro atoms. The summed E-state index contributed by atoms with van der Waals surface area (Å²) in [7, 11) is 0. The van der Waals surface area contributed by atoms with E-state index in [1.807, 2.05) is 48.5 Å². The maximum atomic E-state index is 12.7. The normalized spacial score (nSPS) is 19.5. The first kappa shape index (κ1) is 16.9. The second-order valence-electron chi connectivity index (χ2n) is 6.42. The van der Waals surface area contributed by atoms with E-state index in [4.69, 9.17) is 9.82 Å². The number of rotatable bonds is 5. The molecule has 0 saturated carbocycles. The molecule has 132 valence electrons. The molecule has 2 atom stereocenters. The Balaban J connectivity index is 1.45. The maximum absolute atomic E-state index is 12.7. The van der Waals surface area contributed by atoms with Crippen molar-refractivity contribution in [1.82, 2.24) is 10.5 Å². The van der Waals surface area contributed by atoms with Gasteiger partial charge < -0.3 is 0 Å². The van der Waals surface area contributed by atoms with Gasteiger partial charge >= 0.3 is 0 Å². The van der Waals surface area contributed by atoms with E-state index >= 15 is 0 Å². The van der Waals surface area contributed by atoms with Crippen molar-refractivity contribution in [3.8, 4) is 0 Å². The lowest BCUT2D eigenvalue weighted by Gasteiger charge is -2.25. The molecule has 0 radical (unpaired) electrons. The number of nitrogens with zero attached hydrogens (tertiary/aromatic N) is 1. The molecule has 26 heavy (non-hydrogen) atoms. The van der Waals surface area contributed by atoms with Gasteiger partial charge in [-0.15, -0.1) is 11.3 Å². The van der Waals surface area contributed by atoms with Crippen LogP contribution in [0.5, 0.6) is 0 Å². The van der Waals surface area contributed by atoms with Crippen LogP contribution in [0, 0.1) is 5.92 Å². The Morgan fingerprint density at radius 3 is 2.69 bits per heavy atom. The summed E-state index contributed by atoms with van der Waals surface area (Å²) in [4.78, 5) is 22.9. The molecule has 0 bridgehead atoms. The van der Waals surface area contributed by atoms with E-state index in [1.165, 1.54) is 0 Å². The van der Waals surface area contributed by atoms with Crippen molar-refractivity contribution in [3.63, 3.8) is 0 Å². The van der Waals surface area contributed by atoms with Crippen LogP contribution in [0.3, 0.4) is 0 Å². The summed E-state index contributed by atoms with van der Waals surface area (Å²) >= 11 is 1.68. The van der Waals surface area contributed by atoms with Crippen LogP contribution in [-0.2, 0) is 16.2 Å². The second kappa shape index (κ2) is 7.81. The van der Waals surface area contributed by atoms with Crippen LogP contribution in [-0.4, -0.2) is 10.9 Å². The summed E-state index contributed by atoms with van der Waals surface area (Å²) in [6.45, 7) is 0.362. The average molecular weight is 364 g/mol. The van der Waals surface area contributed by atoms with Gasteiger partial charge in [-0.2, -0.15) is 0 Å². The zero-order valence-corrected chi connectivity index (χ0v) is 15.1. The van der Waals surface area contributed by atoms with Crippen molar-refractivity contribution in [2.75, 3.05) is 0 Å². The van der Waals surface area contributed by atoms with Gasteiger partial charge in [0.15, 0.2) is 0 Å². The largest absolute Gasteiger partial charge is 0.272 e. The lowest BCUT2D eigenvalue weighted by atomic mass is 9.83. The third-order valence-corrected chi connectivity index (χ3v) is 5.82. The lowest BCUT2D eigenvalue weighted by Crippen LogP contribution is -2.35. The van der Waals surface area contributed by atoms with Gasteiger partial charge in [0.05, 0.1) is 27.7 Å². The number of aromatic nitrogens is 1. The van der Waals surface area contributed by atoms with Gasteiger partial charge in [0.2, 0.25) is 5.91 Å². The first-order chi connectivity index (χ1) is 12.8. The van der Waals surface area contributed by atoms with Gasteiger partial charge in [-0.3, -0.25) is 9.63 Å². The van der Waals surface area contributed by atoms with Gasteiger partial charge in [0.1, 0.15) is 0 Å². The standard InChI is InChI=1S/C21H20N2O2S/c24-20(23-25-14-15-8-2-1-3-9-15)16-10-4-5-11-17(16)21-22-18-12-6-7-13-19(18)26-21/h1-9,12-13,16-17H,10-11,14H2,(H,23,24)/t16-,17-/m1/s1. The van der Waals surface area contributed by atoms with Crippen LogP contribution in [0.15, 0.2) is 66.7 Å². The highest BCUT2D eigenvalue weighted by atomic mass is 32.1. The Hall–Kier alpha value is -2.50. The zero-order chi connectivity index (χ0) is 17.8.